The summed E-state index contributed by atoms with van der Waals surface area (Å²) in [5.74, 6) is 0.614. The number of amides is 1. The van der Waals surface area contributed by atoms with E-state index in [1.807, 2.05) is 56.8 Å². The van der Waals surface area contributed by atoms with Crippen LogP contribution in [0.3, 0.4) is 0 Å². The fourth-order valence-corrected chi connectivity index (χ4v) is 2.55. The maximum atomic E-state index is 12.5. The number of aromatic nitrogens is 2. The number of nitrogens with zero attached hydrogens (tertiary/aromatic N) is 2. The summed E-state index contributed by atoms with van der Waals surface area (Å²) in [6, 6.07) is 5.39. The van der Waals surface area contributed by atoms with Crippen LogP contribution >= 0.6 is 0 Å². The number of benzene rings is 1. The van der Waals surface area contributed by atoms with Gasteiger partial charge in [-0.05, 0) is 39.8 Å². The van der Waals surface area contributed by atoms with Crippen LogP contribution < -0.4 is 10.1 Å². The lowest BCUT2D eigenvalue weighted by atomic mass is 10.1. The predicted octanol–water partition coefficient (Wildman–Crippen LogP) is 3.02. The van der Waals surface area contributed by atoms with E-state index in [0.717, 1.165) is 29.1 Å². The lowest BCUT2D eigenvalue weighted by Gasteiger charge is -2.15. The molecule has 0 aliphatic carbocycles. The van der Waals surface area contributed by atoms with E-state index < -0.39 is 0 Å². The summed E-state index contributed by atoms with van der Waals surface area (Å²) in [7, 11) is 1.61. The highest BCUT2D eigenvalue weighted by atomic mass is 16.5. The molecule has 1 heterocycles. The van der Waals surface area contributed by atoms with Gasteiger partial charge in [0.25, 0.3) is 5.91 Å². The van der Waals surface area contributed by atoms with E-state index in [1.54, 1.807) is 7.11 Å². The summed E-state index contributed by atoms with van der Waals surface area (Å²) in [6.07, 6.45) is 1.98. The molecule has 1 aromatic carbocycles. The fraction of sp³-hybridized carbons (Fsp3) is 0.412. The van der Waals surface area contributed by atoms with Crippen LogP contribution in [0, 0.1) is 13.8 Å². The molecule has 0 saturated heterocycles. The monoisotopic (exact) mass is 301 g/mol. The van der Waals surface area contributed by atoms with Crippen molar-refractivity contribution in [2.24, 2.45) is 0 Å². The van der Waals surface area contributed by atoms with Gasteiger partial charge in [-0.25, -0.2) is 0 Å². The first-order valence-electron chi connectivity index (χ1n) is 7.46. The third kappa shape index (κ3) is 3.13. The number of aryl methyl sites for hydroxylation is 2. The minimum Gasteiger partial charge on any atom is -0.496 e. The third-order valence-electron chi connectivity index (χ3n) is 3.87. The summed E-state index contributed by atoms with van der Waals surface area (Å²) in [5, 5.41) is 7.46. The van der Waals surface area contributed by atoms with Gasteiger partial charge in [-0.3, -0.25) is 9.48 Å². The molecule has 1 atom stereocenters. The second-order valence-electron chi connectivity index (χ2n) is 5.35. The zero-order valence-electron chi connectivity index (χ0n) is 13.8. The summed E-state index contributed by atoms with van der Waals surface area (Å²) in [6.45, 7) is 8.67. The van der Waals surface area contributed by atoms with Gasteiger partial charge in [0.05, 0.1) is 18.8 Å². The number of carbonyl (C=O) groups excluding carboxylic acids is 1. The van der Waals surface area contributed by atoms with E-state index in [2.05, 4.69) is 10.4 Å². The zero-order valence-corrected chi connectivity index (χ0v) is 13.8. The molecule has 118 valence electrons. The van der Waals surface area contributed by atoms with E-state index >= 15 is 0 Å². The Hall–Kier alpha value is -2.30. The maximum Gasteiger partial charge on any atom is 0.252 e. The molecular formula is C17H23N3O2. The Morgan fingerprint density at radius 1 is 1.41 bits per heavy atom. The first-order chi connectivity index (χ1) is 10.5. The highest BCUT2D eigenvalue weighted by Crippen LogP contribution is 2.22. The van der Waals surface area contributed by atoms with Crippen molar-refractivity contribution >= 4 is 5.91 Å². The molecule has 1 N–H and O–H groups in total. The van der Waals surface area contributed by atoms with Gasteiger partial charge >= 0.3 is 0 Å². The van der Waals surface area contributed by atoms with Crippen LogP contribution in [0.25, 0.3) is 0 Å². The van der Waals surface area contributed by atoms with Crippen molar-refractivity contribution < 1.29 is 9.53 Å². The molecule has 1 aromatic heterocycles. The molecule has 0 radical (unpaired) electrons. The first kappa shape index (κ1) is 16.1. The Bertz CT molecular complexity index is 677. The standard InChI is InChI=1S/C17H23N3O2/c1-6-20-10-15(13(4)19-20)12(3)18-17(21)14-8-7-9-16(22-5)11(14)2/h7-10,12H,6H2,1-5H3,(H,18,21). The highest BCUT2D eigenvalue weighted by molar-refractivity contribution is 5.96. The molecule has 5 nitrogen and oxygen atoms in total. The largest absolute Gasteiger partial charge is 0.496 e. The first-order valence-corrected chi connectivity index (χ1v) is 7.46. The Morgan fingerprint density at radius 2 is 2.14 bits per heavy atom. The van der Waals surface area contributed by atoms with Gasteiger partial charge in [-0.2, -0.15) is 5.10 Å². The van der Waals surface area contributed by atoms with E-state index in [9.17, 15) is 4.79 Å². The lowest BCUT2D eigenvalue weighted by molar-refractivity contribution is 0.0939. The van der Waals surface area contributed by atoms with Crippen molar-refractivity contribution in [2.75, 3.05) is 7.11 Å². The molecule has 1 amide bonds. The Morgan fingerprint density at radius 3 is 2.73 bits per heavy atom. The molecule has 0 saturated carbocycles. The minimum atomic E-state index is -0.104. The summed E-state index contributed by atoms with van der Waals surface area (Å²) < 4.78 is 7.15. The normalized spacial score (nSPS) is 12.0. The van der Waals surface area contributed by atoms with Crippen LogP contribution in [0.1, 0.15) is 47.1 Å². The van der Waals surface area contributed by atoms with Gasteiger partial charge < -0.3 is 10.1 Å². The van der Waals surface area contributed by atoms with E-state index in [1.165, 1.54) is 0 Å². The molecular weight excluding hydrogens is 278 g/mol. The number of methoxy groups -OCH3 is 1. The second kappa shape index (κ2) is 6.64. The second-order valence-corrected chi connectivity index (χ2v) is 5.35. The van der Waals surface area contributed by atoms with Crippen LogP contribution in [0.4, 0.5) is 0 Å². The topological polar surface area (TPSA) is 56.2 Å². The average molecular weight is 301 g/mol. The lowest BCUT2D eigenvalue weighted by Crippen LogP contribution is -2.27. The van der Waals surface area contributed by atoms with Crippen LogP contribution in [-0.4, -0.2) is 22.8 Å². The van der Waals surface area contributed by atoms with Crippen molar-refractivity contribution in [1.82, 2.24) is 15.1 Å². The average Bonchev–Trinajstić information content (AvgIpc) is 2.88. The van der Waals surface area contributed by atoms with Gasteiger partial charge in [-0.1, -0.05) is 6.07 Å². The number of hydrogen-bond acceptors (Lipinski definition) is 3. The van der Waals surface area contributed by atoms with Gasteiger partial charge in [0.2, 0.25) is 0 Å². The van der Waals surface area contributed by atoms with Crippen molar-refractivity contribution in [2.45, 2.75) is 40.3 Å². The molecule has 22 heavy (non-hydrogen) atoms. The third-order valence-corrected chi connectivity index (χ3v) is 3.87. The van der Waals surface area contributed by atoms with Crippen molar-refractivity contribution in [1.29, 1.82) is 0 Å². The van der Waals surface area contributed by atoms with Crippen LogP contribution in [-0.2, 0) is 6.54 Å². The van der Waals surface area contributed by atoms with Crippen molar-refractivity contribution in [3.63, 3.8) is 0 Å². The van der Waals surface area contributed by atoms with Crippen molar-refractivity contribution in [3.05, 3.63) is 46.8 Å². The minimum absolute atomic E-state index is 0.0987. The molecule has 1 unspecified atom stereocenters. The molecule has 0 bridgehead atoms. The SMILES string of the molecule is CCn1cc(C(C)NC(=O)c2cccc(OC)c2C)c(C)n1. The molecule has 0 aliphatic heterocycles. The van der Waals surface area contributed by atoms with Gasteiger partial charge in [0.1, 0.15) is 5.75 Å². The molecule has 2 aromatic rings. The Kier molecular flexibility index (Phi) is 4.85. The van der Waals surface area contributed by atoms with E-state index in [4.69, 9.17) is 4.74 Å². The Labute approximate surface area is 131 Å². The summed E-state index contributed by atoms with van der Waals surface area (Å²) in [5.41, 5.74) is 3.45. The zero-order chi connectivity index (χ0) is 16.3. The number of carbonyl (C=O) groups is 1. The van der Waals surface area contributed by atoms with Crippen LogP contribution in [0.15, 0.2) is 24.4 Å². The smallest absolute Gasteiger partial charge is 0.252 e. The molecule has 5 heteroatoms. The fourth-order valence-electron chi connectivity index (χ4n) is 2.55. The quantitative estimate of drug-likeness (QED) is 0.923. The molecule has 0 aliphatic rings. The van der Waals surface area contributed by atoms with Crippen LogP contribution in [0.2, 0.25) is 0 Å². The number of nitrogens with one attached hydrogen (secondary N) is 1. The summed E-state index contributed by atoms with van der Waals surface area (Å²) in [4.78, 5) is 12.5. The molecule has 2 rings (SSSR count). The maximum absolute atomic E-state index is 12.5. The Balaban J connectivity index is 2.19. The molecule has 0 fully saturated rings. The van der Waals surface area contributed by atoms with E-state index in [-0.39, 0.29) is 11.9 Å². The highest BCUT2D eigenvalue weighted by Gasteiger charge is 2.18. The number of rotatable bonds is 5. The summed E-state index contributed by atoms with van der Waals surface area (Å²) >= 11 is 0. The van der Waals surface area contributed by atoms with Gasteiger partial charge in [0.15, 0.2) is 0 Å². The van der Waals surface area contributed by atoms with Gasteiger partial charge in [0, 0.05) is 29.4 Å². The predicted molar refractivity (Wildman–Crippen MR) is 86.3 cm³/mol. The van der Waals surface area contributed by atoms with Crippen molar-refractivity contribution in [3.8, 4) is 5.75 Å². The van der Waals surface area contributed by atoms with E-state index in [0.29, 0.717) is 5.56 Å². The number of ether oxygens (including phenoxy) is 1. The van der Waals surface area contributed by atoms with Crippen LogP contribution in [0.5, 0.6) is 5.75 Å². The number of hydrogen-bond donors (Lipinski definition) is 1. The molecule has 0 spiro atoms. The van der Waals surface area contributed by atoms with Gasteiger partial charge in [-0.15, -0.1) is 0 Å².